The molecule has 1 aliphatic rings. The first-order chi connectivity index (χ1) is 8.43. The highest BCUT2D eigenvalue weighted by molar-refractivity contribution is 5.66. The van der Waals surface area contributed by atoms with Gasteiger partial charge in [0.2, 0.25) is 0 Å². The highest BCUT2D eigenvalue weighted by atomic mass is 16.5. The normalized spacial score (nSPS) is 14.4. The highest BCUT2D eigenvalue weighted by Gasteiger charge is 2.15. The first-order valence-electron chi connectivity index (χ1n) is 5.65. The third-order valence-corrected chi connectivity index (χ3v) is 2.78. The van der Waals surface area contributed by atoms with Crippen molar-refractivity contribution in [2.45, 2.75) is 0 Å². The predicted octanol–water partition coefficient (Wildman–Crippen LogP) is 3.48. The van der Waals surface area contributed by atoms with Gasteiger partial charge >= 0.3 is 0 Å². The Morgan fingerprint density at radius 2 is 1.47 bits per heavy atom. The third kappa shape index (κ3) is 2.02. The molecule has 0 saturated carbocycles. The zero-order valence-electron chi connectivity index (χ0n) is 9.41. The van der Waals surface area contributed by atoms with Crippen molar-refractivity contribution in [1.29, 1.82) is 0 Å². The van der Waals surface area contributed by atoms with Crippen LogP contribution in [0.2, 0.25) is 0 Å². The average molecular weight is 223 g/mol. The summed E-state index contributed by atoms with van der Waals surface area (Å²) in [7, 11) is 0. The maximum absolute atomic E-state index is 5.69. The minimum absolute atomic E-state index is 0.578. The van der Waals surface area contributed by atoms with Crippen LogP contribution in [-0.2, 0) is 4.74 Å². The van der Waals surface area contributed by atoms with Gasteiger partial charge in [0.05, 0.1) is 6.20 Å². The van der Waals surface area contributed by atoms with E-state index >= 15 is 0 Å². The van der Waals surface area contributed by atoms with Crippen LogP contribution in [0.4, 0.5) is 5.69 Å². The largest absolute Gasteiger partial charge is 0.471 e. The van der Waals surface area contributed by atoms with E-state index in [1.807, 2.05) is 42.6 Å². The Hall–Kier alpha value is -2.22. The summed E-state index contributed by atoms with van der Waals surface area (Å²) in [6.07, 6.45) is 2.05. The molecule has 0 spiro atoms. The lowest BCUT2D eigenvalue weighted by Gasteiger charge is -2.12. The van der Waals surface area contributed by atoms with Gasteiger partial charge in [0, 0.05) is 11.3 Å². The summed E-state index contributed by atoms with van der Waals surface area (Å²) < 4.78 is 5.69. The van der Waals surface area contributed by atoms with Crippen molar-refractivity contribution in [2.75, 3.05) is 11.6 Å². The van der Waals surface area contributed by atoms with Crippen molar-refractivity contribution in [3.63, 3.8) is 0 Å². The van der Waals surface area contributed by atoms with Crippen LogP contribution >= 0.6 is 0 Å². The lowest BCUT2D eigenvalue weighted by Crippen LogP contribution is -2.12. The fourth-order valence-corrected chi connectivity index (χ4v) is 1.88. The van der Waals surface area contributed by atoms with Crippen LogP contribution in [0.5, 0.6) is 0 Å². The van der Waals surface area contributed by atoms with Gasteiger partial charge < -0.3 is 9.64 Å². The second-order valence-corrected chi connectivity index (χ2v) is 3.94. The van der Waals surface area contributed by atoms with E-state index < -0.39 is 0 Å². The molecule has 17 heavy (non-hydrogen) atoms. The average Bonchev–Trinajstić information content (AvgIpc) is 2.90. The fourth-order valence-electron chi connectivity index (χ4n) is 1.88. The second kappa shape index (κ2) is 4.34. The third-order valence-electron chi connectivity index (χ3n) is 2.78. The van der Waals surface area contributed by atoms with E-state index in [0.717, 1.165) is 17.0 Å². The van der Waals surface area contributed by atoms with Crippen molar-refractivity contribution >= 4 is 11.4 Å². The van der Waals surface area contributed by atoms with E-state index in [2.05, 4.69) is 29.2 Å². The van der Waals surface area contributed by atoms with Crippen LogP contribution in [0.25, 0.3) is 5.76 Å². The molecule has 1 aliphatic heterocycles. The van der Waals surface area contributed by atoms with E-state index in [0.29, 0.717) is 6.73 Å². The second-order valence-electron chi connectivity index (χ2n) is 3.94. The molecular weight excluding hydrogens is 210 g/mol. The van der Waals surface area contributed by atoms with Crippen LogP contribution in [-0.4, -0.2) is 6.73 Å². The number of ether oxygens (including phenoxy) is 1. The lowest BCUT2D eigenvalue weighted by atomic mass is 10.2. The van der Waals surface area contributed by atoms with Gasteiger partial charge in [-0.2, -0.15) is 0 Å². The maximum Gasteiger partial charge on any atom is 0.165 e. The van der Waals surface area contributed by atoms with E-state index in [1.54, 1.807) is 0 Å². The summed E-state index contributed by atoms with van der Waals surface area (Å²) in [6, 6.07) is 20.4. The molecule has 0 unspecified atom stereocenters. The predicted molar refractivity (Wildman–Crippen MR) is 69.3 cm³/mol. The van der Waals surface area contributed by atoms with Gasteiger partial charge in [0.25, 0.3) is 0 Å². The lowest BCUT2D eigenvalue weighted by molar-refractivity contribution is 0.308. The quantitative estimate of drug-likeness (QED) is 0.772. The Balaban J connectivity index is 1.87. The van der Waals surface area contributed by atoms with Crippen molar-refractivity contribution in [1.82, 2.24) is 0 Å². The van der Waals surface area contributed by atoms with Crippen LogP contribution < -0.4 is 4.90 Å². The molecule has 0 saturated heterocycles. The summed E-state index contributed by atoms with van der Waals surface area (Å²) in [6.45, 7) is 0.578. The number of anilines is 1. The first-order valence-corrected chi connectivity index (χ1v) is 5.65. The molecule has 2 aromatic rings. The molecule has 2 heteroatoms. The smallest absolute Gasteiger partial charge is 0.165 e. The molecule has 0 N–H and O–H groups in total. The molecule has 0 fully saturated rings. The molecule has 84 valence electrons. The molecular formula is C15H13NO. The zero-order valence-corrected chi connectivity index (χ0v) is 9.41. The summed E-state index contributed by atoms with van der Waals surface area (Å²) >= 11 is 0. The van der Waals surface area contributed by atoms with Gasteiger partial charge in [-0.15, -0.1) is 0 Å². The van der Waals surface area contributed by atoms with Gasteiger partial charge in [-0.05, 0) is 12.1 Å². The highest BCUT2D eigenvalue weighted by Crippen LogP contribution is 2.26. The standard InChI is InChI=1S/C15H13NO/c1-3-7-13(8-4-1)15-11-16(12-17-15)14-9-5-2-6-10-14/h1-11H,12H2. The summed E-state index contributed by atoms with van der Waals surface area (Å²) in [4.78, 5) is 2.10. The summed E-state index contributed by atoms with van der Waals surface area (Å²) in [5, 5.41) is 0. The molecule has 0 radical (unpaired) electrons. The Morgan fingerprint density at radius 1 is 0.824 bits per heavy atom. The minimum atomic E-state index is 0.578. The number of para-hydroxylation sites is 1. The van der Waals surface area contributed by atoms with Crippen molar-refractivity contribution in [3.05, 3.63) is 72.4 Å². The van der Waals surface area contributed by atoms with Crippen molar-refractivity contribution in [2.24, 2.45) is 0 Å². The van der Waals surface area contributed by atoms with Gasteiger partial charge in [-0.3, -0.25) is 0 Å². The van der Waals surface area contributed by atoms with Crippen LogP contribution in [0.3, 0.4) is 0 Å². The number of nitrogens with zero attached hydrogens (tertiary/aromatic N) is 1. The number of benzene rings is 2. The SMILES string of the molecule is C1=C(c2ccccc2)OCN1c1ccccc1. The van der Waals surface area contributed by atoms with Gasteiger partial charge in [0.15, 0.2) is 6.73 Å². The maximum atomic E-state index is 5.69. The molecule has 0 aromatic heterocycles. The Labute approximate surface area is 101 Å². The molecule has 3 rings (SSSR count). The number of hydrogen-bond acceptors (Lipinski definition) is 2. The van der Waals surface area contributed by atoms with E-state index in [-0.39, 0.29) is 0 Å². The fraction of sp³-hybridized carbons (Fsp3) is 0.0667. The summed E-state index contributed by atoms with van der Waals surface area (Å²) in [5.41, 5.74) is 2.27. The topological polar surface area (TPSA) is 12.5 Å². The zero-order chi connectivity index (χ0) is 11.5. The van der Waals surface area contributed by atoms with Crippen molar-refractivity contribution < 1.29 is 4.74 Å². The molecule has 0 aliphatic carbocycles. The van der Waals surface area contributed by atoms with Gasteiger partial charge in [-0.1, -0.05) is 48.5 Å². The Bertz CT molecular complexity index is 519. The molecule has 0 atom stereocenters. The Morgan fingerprint density at radius 3 is 2.18 bits per heavy atom. The first kappa shape index (κ1) is 9.97. The number of rotatable bonds is 2. The van der Waals surface area contributed by atoms with Crippen molar-refractivity contribution in [3.8, 4) is 0 Å². The minimum Gasteiger partial charge on any atom is -0.471 e. The monoisotopic (exact) mass is 223 g/mol. The molecule has 0 bridgehead atoms. The molecule has 0 amide bonds. The van der Waals surface area contributed by atoms with Gasteiger partial charge in [-0.25, -0.2) is 0 Å². The van der Waals surface area contributed by atoms with E-state index in [4.69, 9.17) is 4.74 Å². The van der Waals surface area contributed by atoms with E-state index in [1.165, 1.54) is 0 Å². The van der Waals surface area contributed by atoms with E-state index in [9.17, 15) is 0 Å². The van der Waals surface area contributed by atoms with Crippen LogP contribution in [0, 0.1) is 0 Å². The molecule has 1 heterocycles. The molecule has 2 aromatic carbocycles. The Kier molecular flexibility index (Phi) is 2.54. The van der Waals surface area contributed by atoms with Crippen LogP contribution in [0.1, 0.15) is 5.56 Å². The summed E-state index contributed by atoms with van der Waals surface area (Å²) in [5.74, 6) is 0.925. The van der Waals surface area contributed by atoms with Gasteiger partial charge in [0.1, 0.15) is 5.76 Å². The van der Waals surface area contributed by atoms with Crippen LogP contribution in [0.15, 0.2) is 66.9 Å². The number of hydrogen-bond donors (Lipinski definition) is 0. The molecule has 2 nitrogen and oxygen atoms in total.